The number of amides is 1. The number of carbonyl (C=O) groups excluding carboxylic acids is 1. The Labute approximate surface area is 173 Å². The van der Waals surface area contributed by atoms with E-state index in [2.05, 4.69) is 10.3 Å². The van der Waals surface area contributed by atoms with Gasteiger partial charge in [-0.1, -0.05) is 19.8 Å². The Bertz CT molecular complexity index is 891. The Morgan fingerprint density at radius 3 is 2.45 bits per heavy atom. The van der Waals surface area contributed by atoms with Gasteiger partial charge in [-0.25, -0.2) is 17.7 Å². The number of nitrogens with zero attached hydrogens (tertiary/aromatic N) is 4. The van der Waals surface area contributed by atoms with E-state index in [1.54, 1.807) is 0 Å². The summed E-state index contributed by atoms with van der Waals surface area (Å²) in [6, 6.07) is 0.357. The molecule has 3 aliphatic rings. The van der Waals surface area contributed by atoms with Crippen LogP contribution in [0.25, 0.3) is 0 Å². The highest BCUT2D eigenvalue weighted by Crippen LogP contribution is 2.45. The zero-order valence-corrected chi connectivity index (χ0v) is 18.3. The normalized spacial score (nSPS) is 26.9. The second-order valence-corrected chi connectivity index (χ2v) is 10.8. The molecule has 9 heteroatoms. The maximum Gasteiger partial charge on any atom is 0.238 e. The first kappa shape index (κ1) is 20.5. The molecule has 8 nitrogen and oxygen atoms in total. The summed E-state index contributed by atoms with van der Waals surface area (Å²) in [6.45, 7) is 5.05. The second kappa shape index (κ2) is 7.50. The van der Waals surface area contributed by atoms with Crippen LogP contribution in [0.15, 0.2) is 6.20 Å². The van der Waals surface area contributed by atoms with Gasteiger partial charge in [0.05, 0.1) is 11.7 Å². The molecule has 0 bridgehead atoms. The van der Waals surface area contributed by atoms with Crippen molar-refractivity contribution in [2.45, 2.75) is 76.3 Å². The number of hydrogen-bond acceptors (Lipinski definition) is 6. The summed E-state index contributed by atoms with van der Waals surface area (Å²) in [5.74, 6) is 1.44. The Balaban J connectivity index is 1.55. The number of anilines is 2. The van der Waals surface area contributed by atoms with Gasteiger partial charge < -0.3 is 5.32 Å². The summed E-state index contributed by atoms with van der Waals surface area (Å²) in [7, 11) is -3.14. The third kappa shape index (κ3) is 3.63. The van der Waals surface area contributed by atoms with Crippen molar-refractivity contribution in [3.05, 3.63) is 11.8 Å². The van der Waals surface area contributed by atoms with Crippen LogP contribution in [0.4, 0.5) is 11.8 Å². The first-order valence-electron chi connectivity index (χ1n) is 10.7. The molecule has 1 atom stereocenters. The number of sulfonamides is 1. The van der Waals surface area contributed by atoms with Crippen molar-refractivity contribution < 1.29 is 13.2 Å². The number of carbonyl (C=O) groups is 1. The molecular weight excluding hydrogens is 390 g/mol. The van der Waals surface area contributed by atoms with E-state index in [0.717, 1.165) is 43.5 Å². The van der Waals surface area contributed by atoms with E-state index in [9.17, 15) is 13.2 Å². The maximum atomic E-state index is 13.3. The quantitative estimate of drug-likeness (QED) is 0.784. The molecule has 1 aromatic rings. The monoisotopic (exact) mass is 421 g/mol. The van der Waals surface area contributed by atoms with Crippen LogP contribution in [-0.2, 0) is 20.2 Å². The van der Waals surface area contributed by atoms with Crippen molar-refractivity contribution >= 4 is 27.7 Å². The minimum atomic E-state index is -3.14. The molecule has 160 valence electrons. The van der Waals surface area contributed by atoms with E-state index in [1.165, 1.54) is 10.6 Å². The van der Waals surface area contributed by atoms with Gasteiger partial charge in [0, 0.05) is 36.9 Å². The average Bonchev–Trinajstić information content (AvgIpc) is 3.28. The van der Waals surface area contributed by atoms with Crippen LogP contribution in [0.5, 0.6) is 0 Å². The summed E-state index contributed by atoms with van der Waals surface area (Å²) in [5, 5.41) is 3.37. The third-order valence-electron chi connectivity index (χ3n) is 6.94. The standard InChI is InChI=1S/C20H31N5O3S/c1-4-20(2)16-13-21-19(22-14-9-11-24(12-10-14)29(3,27)28)23-17(16)25(18(20)26)15-7-5-6-8-15/h13-15H,4-12H2,1-3H3,(H,21,22,23). The number of fused-ring (bicyclic) bond motifs is 1. The zero-order chi connectivity index (χ0) is 20.8. The fraction of sp³-hybridized carbons (Fsp3) is 0.750. The molecule has 2 fully saturated rings. The van der Waals surface area contributed by atoms with Gasteiger partial charge in [-0.05, 0) is 39.0 Å². The molecule has 0 aromatic carbocycles. The molecule has 0 spiro atoms. The minimum Gasteiger partial charge on any atom is -0.351 e. The lowest BCUT2D eigenvalue weighted by Crippen LogP contribution is -2.43. The molecule has 29 heavy (non-hydrogen) atoms. The van der Waals surface area contributed by atoms with Gasteiger partial charge in [0.15, 0.2) is 0 Å². The van der Waals surface area contributed by atoms with E-state index in [-0.39, 0.29) is 18.0 Å². The number of hydrogen-bond donors (Lipinski definition) is 1. The fourth-order valence-corrected chi connectivity index (χ4v) is 5.72. The molecule has 1 saturated carbocycles. The van der Waals surface area contributed by atoms with Crippen LogP contribution >= 0.6 is 0 Å². The number of rotatable bonds is 5. The summed E-state index contributed by atoms with van der Waals surface area (Å²) >= 11 is 0. The molecule has 1 unspecified atom stereocenters. The Morgan fingerprint density at radius 1 is 1.21 bits per heavy atom. The average molecular weight is 422 g/mol. The van der Waals surface area contributed by atoms with E-state index in [1.807, 2.05) is 24.9 Å². The molecule has 1 N–H and O–H groups in total. The fourth-order valence-electron chi connectivity index (χ4n) is 4.85. The van der Waals surface area contributed by atoms with Crippen molar-refractivity contribution in [1.29, 1.82) is 0 Å². The second-order valence-electron chi connectivity index (χ2n) is 8.81. The van der Waals surface area contributed by atoms with Gasteiger partial charge in [-0.15, -0.1) is 0 Å². The van der Waals surface area contributed by atoms with Gasteiger partial charge in [0.2, 0.25) is 21.9 Å². The van der Waals surface area contributed by atoms with Crippen LogP contribution in [0.3, 0.4) is 0 Å². The smallest absolute Gasteiger partial charge is 0.238 e. The first-order chi connectivity index (χ1) is 13.7. The van der Waals surface area contributed by atoms with E-state index in [0.29, 0.717) is 31.9 Å². The lowest BCUT2D eigenvalue weighted by atomic mass is 9.83. The Hall–Kier alpha value is -1.74. The Morgan fingerprint density at radius 2 is 1.86 bits per heavy atom. The van der Waals surface area contributed by atoms with E-state index < -0.39 is 15.4 Å². The van der Waals surface area contributed by atoms with Gasteiger partial charge in [0.1, 0.15) is 5.82 Å². The number of piperidine rings is 1. The summed E-state index contributed by atoms with van der Waals surface area (Å²) < 4.78 is 24.9. The van der Waals surface area contributed by atoms with Crippen LogP contribution < -0.4 is 10.2 Å². The third-order valence-corrected chi connectivity index (χ3v) is 8.24. The minimum absolute atomic E-state index is 0.126. The van der Waals surface area contributed by atoms with Crippen LogP contribution in [0.1, 0.15) is 64.4 Å². The highest BCUT2D eigenvalue weighted by atomic mass is 32.2. The molecule has 2 aliphatic heterocycles. The summed E-state index contributed by atoms with van der Waals surface area (Å²) in [6.07, 6.45) is 9.59. The van der Waals surface area contributed by atoms with Gasteiger partial charge >= 0.3 is 0 Å². The lowest BCUT2D eigenvalue weighted by molar-refractivity contribution is -0.123. The van der Waals surface area contributed by atoms with Crippen LogP contribution in [0, 0.1) is 0 Å². The van der Waals surface area contributed by atoms with E-state index >= 15 is 0 Å². The summed E-state index contributed by atoms with van der Waals surface area (Å²) in [5.41, 5.74) is 0.367. The predicted octanol–water partition coefficient (Wildman–Crippen LogP) is 2.27. The topological polar surface area (TPSA) is 95.5 Å². The van der Waals surface area contributed by atoms with Crippen molar-refractivity contribution in [3.8, 4) is 0 Å². The SMILES string of the molecule is CCC1(C)C(=O)N(C2CCCC2)c2nc(NC3CCN(S(C)(=O)=O)CC3)ncc21. The molecule has 0 radical (unpaired) electrons. The highest BCUT2D eigenvalue weighted by molar-refractivity contribution is 7.88. The van der Waals surface area contributed by atoms with E-state index in [4.69, 9.17) is 4.98 Å². The largest absolute Gasteiger partial charge is 0.351 e. The molecule has 4 rings (SSSR count). The number of aromatic nitrogens is 2. The molecule has 1 aromatic heterocycles. The van der Waals surface area contributed by atoms with Crippen molar-refractivity contribution in [3.63, 3.8) is 0 Å². The predicted molar refractivity (Wildman–Crippen MR) is 112 cm³/mol. The Kier molecular flexibility index (Phi) is 5.31. The van der Waals surface area contributed by atoms with Crippen LogP contribution in [-0.4, -0.2) is 60.0 Å². The molecule has 1 aliphatic carbocycles. The van der Waals surface area contributed by atoms with Gasteiger partial charge in [0.25, 0.3) is 0 Å². The molecule has 1 amide bonds. The molecule has 1 saturated heterocycles. The molecule has 3 heterocycles. The van der Waals surface area contributed by atoms with Crippen molar-refractivity contribution in [1.82, 2.24) is 14.3 Å². The van der Waals surface area contributed by atoms with Gasteiger partial charge in [-0.2, -0.15) is 4.98 Å². The lowest BCUT2D eigenvalue weighted by Gasteiger charge is -2.30. The number of nitrogens with one attached hydrogen (secondary N) is 1. The van der Waals surface area contributed by atoms with Crippen LogP contribution in [0.2, 0.25) is 0 Å². The van der Waals surface area contributed by atoms with Crippen molar-refractivity contribution in [2.24, 2.45) is 0 Å². The summed E-state index contributed by atoms with van der Waals surface area (Å²) in [4.78, 5) is 24.5. The van der Waals surface area contributed by atoms with Crippen molar-refractivity contribution in [2.75, 3.05) is 29.6 Å². The zero-order valence-electron chi connectivity index (χ0n) is 17.5. The first-order valence-corrected chi connectivity index (χ1v) is 12.5. The van der Waals surface area contributed by atoms with Gasteiger partial charge in [-0.3, -0.25) is 9.69 Å². The molecular formula is C20H31N5O3S. The highest BCUT2D eigenvalue weighted by Gasteiger charge is 2.50. The maximum absolute atomic E-state index is 13.3.